The lowest BCUT2D eigenvalue weighted by Gasteiger charge is -2.26. The first-order chi connectivity index (χ1) is 13.7. The van der Waals surface area contributed by atoms with Crippen LogP contribution in [0.25, 0.3) is 0 Å². The van der Waals surface area contributed by atoms with Crippen LogP contribution in [0.1, 0.15) is 24.2 Å². The van der Waals surface area contributed by atoms with Gasteiger partial charge in [-0.2, -0.15) is 9.48 Å². The predicted molar refractivity (Wildman–Crippen MR) is 111 cm³/mol. The summed E-state index contributed by atoms with van der Waals surface area (Å²) in [4.78, 5) is 58.0. The maximum atomic E-state index is 12.6. The van der Waals surface area contributed by atoms with Crippen LogP contribution in [-0.2, 0) is 9.59 Å². The molecule has 0 aromatic heterocycles. The van der Waals surface area contributed by atoms with E-state index in [0.717, 1.165) is 16.7 Å². The normalized spacial score (nSPS) is 18.9. The Morgan fingerprint density at radius 2 is 1.86 bits per heavy atom. The second-order valence-electron chi connectivity index (χ2n) is 6.61. The number of nitrogens with one attached hydrogen (secondary N) is 1. The Kier molecular flexibility index (Phi) is 5.73. The SMILES string of the molecule is CC(=O)c1ccc(NC(=O)CSC2=NC(C)=NC3=[N+](C)C(=O)N(C)C(=O)C23)cc1. The van der Waals surface area contributed by atoms with Gasteiger partial charge in [0.15, 0.2) is 11.7 Å². The Bertz CT molecular complexity index is 1010. The van der Waals surface area contributed by atoms with Crippen LogP contribution < -0.4 is 5.32 Å². The Labute approximate surface area is 171 Å². The first kappa shape index (κ1) is 20.6. The zero-order valence-corrected chi connectivity index (χ0v) is 17.2. The van der Waals surface area contributed by atoms with Crippen LogP contribution in [0.2, 0.25) is 0 Å². The lowest BCUT2D eigenvalue weighted by atomic mass is 10.1. The number of anilines is 1. The van der Waals surface area contributed by atoms with Crippen LogP contribution in [-0.4, -0.2) is 69.7 Å². The van der Waals surface area contributed by atoms with Crippen molar-refractivity contribution in [3.63, 3.8) is 0 Å². The standard InChI is InChI=1S/C19H19N5O4S/c1-10(25)12-5-7-13(8-6-12)22-14(26)9-29-17-15-16(20-11(2)21-17)23(3)19(28)24(4)18(15)27/h5-8,15H,9H2,1-4H3/p+1. The van der Waals surface area contributed by atoms with Crippen molar-refractivity contribution in [2.45, 2.75) is 13.8 Å². The third-order valence-electron chi connectivity index (χ3n) is 4.47. The molecule has 150 valence electrons. The van der Waals surface area contributed by atoms with Crippen LogP contribution >= 0.6 is 11.8 Å². The molecule has 0 spiro atoms. The molecule has 0 saturated heterocycles. The van der Waals surface area contributed by atoms with E-state index >= 15 is 0 Å². The van der Waals surface area contributed by atoms with Crippen molar-refractivity contribution >= 4 is 57.8 Å². The van der Waals surface area contributed by atoms with Gasteiger partial charge in [0, 0.05) is 18.2 Å². The maximum Gasteiger partial charge on any atom is 0.445 e. The van der Waals surface area contributed by atoms with Gasteiger partial charge in [0.1, 0.15) is 5.04 Å². The first-order valence-electron chi connectivity index (χ1n) is 8.78. The van der Waals surface area contributed by atoms with Crippen molar-refractivity contribution < 1.29 is 23.8 Å². The summed E-state index contributed by atoms with van der Waals surface area (Å²) in [5, 5.41) is 3.17. The van der Waals surface area contributed by atoms with E-state index in [2.05, 4.69) is 15.3 Å². The van der Waals surface area contributed by atoms with E-state index < -0.39 is 17.9 Å². The van der Waals surface area contributed by atoms with Crippen molar-refractivity contribution in [2.24, 2.45) is 15.9 Å². The Hall–Kier alpha value is -3.14. The van der Waals surface area contributed by atoms with Crippen LogP contribution in [0.3, 0.4) is 0 Å². The molecule has 1 aromatic rings. The second kappa shape index (κ2) is 8.08. The third kappa shape index (κ3) is 4.16. The van der Waals surface area contributed by atoms with Crippen LogP contribution in [0.15, 0.2) is 34.3 Å². The number of amides is 4. The van der Waals surface area contributed by atoms with Gasteiger partial charge >= 0.3 is 11.9 Å². The molecule has 1 unspecified atom stereocenters. The van der Waals surface area contributed by atoms with Crippen molar-refractivity contribution in [1.29, 1.82) is 0 Å². The number of Topliss-reactive ketones (excluding diaryl/α,β-unsaturated/α-hetero) is 1. The zero-order chi connectivity index (χ0) is 21.3. The monoisotopic (exact) mass is 414 g/mol. The number of urea groups is 1. The second-order valence-corrected chi connectivity index (χ2v) is 7.61. The lowest BCUT2D eigenvalue weighted by molar-refractivity contribution is -0.407. The summed E-state index contributed by atoms with van der Waals surface area (Å²) in [5.41, 5.74) is 1.13. The summed E-state index contributed by atoms with van der Waals surface area (Å²) in [6.07, 6.45) is 0. The molecule has 2 aliphatic heterocycles. The van der Waals surface area contributed by atoms with E-state index in [-0.39, 0.29) is 17.4 Å². The molecule has 0 radical (unpaired) electrons. The molecule has 1 atom stereocenters. The van der Waals surface area contributed by atoms with Gasteiger partial charge in [0.05, 0.1) is 19.8 Å². The number of aliphatic imine (C=N–C) groups is 2. The van der Waals surface area contributed by atoms with Crippen LogP contribution in [0.4, 0.5) is 10.5 Å². The topological polar surface area (TPSA) is 111 Å². The number of carbonyl (C=O) groups excluding carboxylic acids is 4. The molecule has 10 heteroatoms. The van der Waals surface area contributed by atoms with E-state index in [9.17, 15) is 19.2 Å². The number of rotatable bonds is 4. The molecule has 0 bridgehead atoms. The average molecular weight is 414 g/mol. The first-order valence-corrected chi connectivity index (χ1v) is 9.77. The average Bonchev–Trinajstić information content (AvgIpc) is 2.69. The number of imide groups is 1. The number of fused-ring (bicyclic) bond motifs is 1. The Morgan fingerprint density at radius 3 is 2.48 bits per heavy atom. The summed E-state index contributed by atoms with van der Waals surface area (Å²) in [6, 6.07) is 6.12. The molecular weight excluding hydrogens is 394 g/mol. The van der Waals surface area contributed by atoms with Gasteiger partial charge in [-0.1, -0.05) is 16.8 Å². The number of benzene rings is 1. The van der Waals surface area contributed by atoms with E-state index in [1.165, 1.54) is 18.5 Å². The molecule has 2 heterocycles. The largest absolute Gasteiger partial charge is 0.445 e. The highest BCUT2D eigenvalue weighted by Crippen LogP contribution is 2.25. The van der Waals surface area contributed by atoms with Crippen LogP contribution in [0, 0.1) is 5.92 Å². The van der Waals surface area contributed by atoms with E-state index in [1.54, 1.807) is 38.2 Å². The van der Waals surface area contributed by atoms with Gasteiger partial charge in [-0.25, -0.2) is 9.79 Å². The highest BCUT2D eigenvalue weighted by atomic mass is 32.2. The van der Waals surface area contributed by atoms with E-state index in [4.69, 9.17) is 0 Å². The number of carbonyl (C=O) groups is 4. The van der Waals surface area contributed by atoms with E-state index in [0.29, 0.717) is 28.0 Å². The summed E-state index contributed by atoms with van der Waals surface area (Å²) in [5.74, 6) is -0.812. The summed E-state index contributed by atoms with van der Waals surface area (Å²) < 4.78 is 1.32. The fraction of sp³-hybridized carbons (Fsp3) is 0.316. The van der Waals surface area contributed by atoms with Crippen molar-refractivity contribution in [2.75, 3.05) is 25.2 Å². The Morgan fingerprint density at radius 1 is 1.21 bits per heavy atom. The minimum Gasteiger partial charge on any atom is -0.325 e. The van der Waals surface area contributed by atoms with Crippen LogP contribution in [0.5, 0.6) is 0 Å². The Balaban J connectivity index is 1.72. The summed E-state index contributed by atoms with van der Waals surface area (Å²) in [6.45, 7) is 3.14. The molecule has 9 nitrogen and oxygen atoms in total. The highest BCUT2D eigenvalue weighted by Gasteiger charge is 2.48. The summed E-state index contributed by atoms with van der Waals surface area (Å²) >= 11 is 1.13. The van der Waals surface area contributed by atoms with Crippen molar-refractivity contribution in [3.05, 3.63) is 29.8 Å². The lowest BCUT2D eigenvalue weighted by Crippen LogP contribution is -2.54. The molecule has 1 aromatic carbocycles. The third-order valence-corrected chi connectivity index (χ3v) is 5.50. The minimum absolute atomic E-state index is 0.0268. The number of ketones is 1. The molecule has 0 aliphatic carbocycles. The fourth-order valence-corrected chi connectivity index (χ4v) is 3.85. The number of nitrogens with zero attached hydrogens (tertiary/aromatic N) is 4. The molecule has 1 N–H and O–H groups in total. The molecular formula is C19H20N5O4S+. The van der Waals surface area contributed by atoms with Gasteiger partial charge in [-0.05, 0) is 31.2 Å². The summed E-state index contributed by atoms with van der Waals surface area (Å²) in [7, 11) is 2.96. The van der Waals surface area contributed by atoms with Gasteiger partial charge in [-0.15, -0.1) is 0 Å². The molecule has 0 fully saturated rings. The predicted octanol–water partition coefficient (Wildman–Crippen LogP) is 1.64. The molecule has 2 aliphatic rings. The molecule has 29 heavy (non-hydrogen) atoms. The molecule has 0 saturated carbocycles. The number of thioether (sulfide) groups is 1. The van der Waals surface area contributed by atoms with Gasteiger partial charge < -0.3 is 5.32 Å². The molecule has 4 amide bonds. The fourth-order valence-electron chi connectivity index (χ4n) is 2.93. The smallest absolute Gasteiger partial charge is 0.325 e. The highest BCUT2D eigenvalue weighted by molar-refractivity contribution is 8.14. The maximum absolute atomic E-state index is 12.6. The number of amidine groups is 2. The van der Waals surface area contributed by atoms with Gasteiger partial charge in [0.2, 0.25) is 11.7 Å². The van der Waals surface area contributed by atoms with Crippen molar-refractivity contribution in [3.8, 4) is 0 Å². The zero-order valence-electron chi connectivity index (χ0n) is 16.4. The molecule has 3 rings (SSSR count). The van der Waals surface area contributed by atoms with Crippen molar-refractivity contribution in [1.82, 2.24) is 4.90 Å². The number of hydrogen-bond acceptors (Lipinski definition) is 7. The van der Waals surface area contributed by atoms with E-state index in [1.807, 2.05) is 0 Å². The van der Waals surface area contributed by atoms with Gasteiger partial charge in [0.25, 0.3) is 5.84 Å². The quantitative estimate of drug-likeness (QED) is 0.595. The van der Waals surface area contributed by atoms with Gasteiger partial charge in [-0.3, -0.25) is 14.4 Å². The number of hydrogen-bond donors (Lipinski definition) is 1. The minimum atomic E-state index is -0.806.